The molecule has 1 aliphatic heterocycles. The second-order valence-corrected chi connectivity index (χ2v) is 7.05. The molecule has 1 aromatic rings. The standard InChI is InChI=1S/C18H24N4O5/c1-10-11(2)22(27)17(21(10)8-9-23)13(12-6-4-3-5-7-12)14-15(24)19-18(26)20-16(14)25/h3-4,12-14,23H,5-9H2,1-2H3,(H2,19,20,24,25,26)/t12-,13+/m0/s1. The van der Waals surface area contributed by atoms with E-state index >= 15 is 0 Å². The molecule has 9 nitrogen and oxygen atoms in total. The molecule has 3 N–H and O–H groups in total. The molecule has 1 saturated heterocycles. The maximum atomic E-state index is 13.0. The Labute approximate surface area is 156 Å². The van der Waals surface area contributed by atoms with Gasteiger partial charge in [-0.25, -0.2) is 14.1 Å². The van der Waals surface area contributed by atoms with Gasteiger partial charge in [0.05, 0.1) is 12.5 Å². The molecule has 4 amide bonds. The minimum absolute atomic E-state index is 0.115. The first kappa shape index (κ1) is 19.1. The van der Waals surface area contributed by atoms with Crippen molar-refractivity contribution in [3.63, 3.8) is 0 Å². The zero-order valence-electron chi connectivity index (χ0n) is 15.4. The third-order valence-electron chi connectivity index (χ3n) is 5.55. The van der Waals surface area contributed by atoms with Gasteiger partial charge >= 0.3 is 6.03 Å². The average molecular weight is 376 g/mol. The van der Waals surface area contributed by atoms with Crippen LogP contribution in [0.3, 0.4) is 0 Å². The van der Waals surface area contributed by atoms with E-state index in [9.17, 15) is 24.7 Å². The number of imidazole rings is 1. The van der Waals surface area contributed by atoms with Crippen molar-refractivity contribution >= 4 is 17.8 Å². The van der Waals surface area contributed by atoms with Gasteiger partial charge in [0.25, 0.3) is 5.82 Å². The second-order valence-electron chi connectivity index (χ2n) is 7.05. The molecule has 9 heteroatoms. The molecule has 1 fully saturated rings. The van der Waals surface area contributed by atoms with E-state index in [0.29, 0.717) is 24.2 Å². The Balaban J connectivity index is 2.15. The number of amides is 4. The molecular formula is C18H24N4O5. The van der Waals surface area contributed by atoms with Crippen molar-refractivity contribution in [2.45, 2.75) is 45.6 Å². The molecular weight excluding hydrogens is 352 g/mol. The smallest absolute Gasteiger partial charge is 0.328 e. The van der Waals surface area contributed by atoms with Gasteiger partial charge in [-0.3, -0.25) is 20.2 Å². The van der Waals surface area contributed by atoms with Crippen molar-refractivity contribution in [1.82, 2.24) is 15.2 Å². The summed E-state index contributed by atoms with van der Waals surface area (Å²) < 4.78 is 2.44. The quantitative estimate of drug-likeness (QED) is 0.292. The van der Waals surface area contributed by atoms with Crippen molar-refractivity contribution in [3.8, 4) is 0 Å². The fourth-order valence-corrected chi connectivity index (χ4v) is 4.12. The van der Waals surface area contributed by atoms with Crippen LogP contribution >= 0.6 is 0 Å². The number of imide groups is 2. The van der Waals surface area contributed by atoms with Crippen LogP contribution in [-0.2, 0) is 16.1 Å². The Bertz CT molecular complexity index is 793. The topological polar surface area (TPSA) is 127 Å². The van der Waals surface area contributed by atoms with Crippen molar-refractivity contribution in [1.29, 1.82) is 0 Å². The lowest BCUT2D eigenvalue weighted by Crippen LogP contribution is -2.59. The lowest BCUT2D eigenvalue weighted by molar-refractivity contribution is -0.622. The molecule has 0 radical (unpaired) electrons. The highest BCUT2D eigenvalue weighted by molar-refractivity contribution is 6.16. The number of carbonyl (C=O) groups excluding carboxylic acids is 3. The Morgan fingerprint density at radius 2 is 1.93 bits per heavy atom. The van der Waals surface area contributed by atoms with Gasteiger partial charge in [0, 0.05) is 13.8 Å². The van der Waals surface area contributed by atoms with E-state index in [0.717, 1.165) is 11.2 Å². The van der Waals surface area contributed by atoms with E-state index in [1.165, 1.54) is 0 Å². The van der Waals surface area contributed by atoms with Crippen LogP contribution < -0.4 is 15.4 Å². The average Bonchev–Trinajstić information content (AvgIpc) is 2.83. The summed E-state index contributed by atoms with van der Waals surface area (Å²) in [6.07, 6.45) is 6.14. The predicted molar refractivity (Wildman–Crippen MR) is 94.3 cm³/mol. The number of hydrogen-bond donors (Lipinski definition) is 3. The minimum Gasteiger partial charge on any atom is -0.711 e. The van der Waals surface area contributed by atoms with Gasteiger partial charge in [0.15, 0.2) is 0 Å². The molecule has 1 aliphatic carbocycles. The summed E-state index contributed by atoms with van der Waals surface area (Å²) in [6, 6.07) is -0.850. The van der Waals surface area contributed by atoms with Gasteiger partial charge < -0.3 is 10.3 Å². The van der Waals surface area contributed by atoms with Crippen LogP contribution in [0.2, 0.25) is 0 Å². The summed E-state index contributed by atoms with van der Waals surface area (Å²) in [4.78, 5) is 36.6. The monoisotopic (exact) mass is 376 g/mol. The molecule has 0 spiro atoms. The molecule has 27 heavy (non-hydrogen) atoms. The van der Waals surface area contributed by atoms with E-state index in [1.54, 1.807) is 18.4 Å². The van der Waals surface area contributed by atoms with Crippen LogP contribution in [0.1, 0.15) is 42.4 Å². The molecule has 2 heterocycles. The molecule has 0 unspecified atom stereocenters. The van der Waals surface area contributed by atoms with E-state index < -0.39 is 29.7 Å². The summed E-state index contributed by atoms with van der Waals surface area (Å²) in [6.45, 7) is 3.44. The largest absolute Gasteiger partial charge is 0.711 e. The SMILES string of the molecule is Cc1c(C)[n+]([O-])c([C@@H](C2C(=O)NC(=O)NC2=O)[C@H]2CC=CCC2)n1CCO. The van der Waals surface area contributed by atoms with Crippen LogP contribution in [-0.4, -0.2) is 34.1 Å². The summed E-state index contributed by atoms with van der Waals surface area (Å²) in [5.41, 5.74) is 1.14. The molecule has 2 aliphatic rings. The number of urea groups is 1. The maximum Gasteiger partial charge on any atom is 0.328 e. The molecule has 0 bridgehead atoms. The summed E-state index contributed by atoms with van der Waals surface area (Å²) in [5.74, 6) is -3.13. The summed E-state index contributed by atoms with van der Waals surface area (Å²) in [5, 5.41) is 26.7. The van der Waals surface area contributed by atoms with Gasteiger partial charge in [-0.2, -0.15) is 0 Å². The first-order chi connectivity index (χ1) is 12.9. The van der Waals surface area contributed by atoms with Gasteiger partial charge in [0.2, 0.25) is 11.8 Å². The van der Waals surface area contributed by atoms with E-state index in [1.807, 2.05) is 12.2 Å². The van der Waals surface area contributed by atoms with Gasteiger partial charge in [-0.05, 0) is 25.2 Å². The van der Waals surface area contributed by atoms with Crippen LogP contribution in [0, 0.1) is 30.9 Å². The third-order valence-corrected chi connectivity index (χ3v) is 5.55. The number of carbonyl (C=O) groups is 3. The number of aliphatic hydroxyl groups excluding tert-OH is 1. The number of aromatic nitrogens is 2. The fourth-order valence-electron chi connectivity index (χ4n) is 4.12. The van der Waals surface area contributed by atoms with Crippen LogP contribution in [0.15, 0.2) is 12.2 Å². The lowest BCUT2D eigenvalue weighted by atomic mass is 9.74. The molecule has 0 saturated carbocycles. The number of nitrogens with zero attached hydrogens (tertiary/aromatic N) is 2. The maximum absolute atomic E-state index is 13.0. The molecule has 146 valence electrons. The normalized spacial score (nSPS) is 21.9. The van der Waals surface area contributed by atoms with E-state index in [2.05, 4.69) is 10.6 Å². The van der Waals surface area contributed by atoms with E-state index in [4.69, 9.17) is 0 Å². The summed E-state index contributed by atoms with van der Waals surface area (Å²) >= 11 is 0. The number of barbiturate groups is 1. The molecule has 1 aromatic heterocycles. The van der Waals surface area contributed by atoms with Crippen molar-refractivity contribution < 1.29 is 24.2 Å². The second kappa shape index (κ2) is 7.51. The lowest BCUT2D eigenvalue weighted by Gasteiger charge is -2.33. The predicted octanol–water partition coefficient (Wildman–Crippen LogP) is 0.153. The number of rotatable bonds is 5. The van der Waals surface area contributed by atoms with Crippen LogP contribution in [0.5, 0.6) is 0 Å². The minimum atomic E-state index is -1.19. The highest BCUT2D eigenvalue weighted by Crippen LogP contribution is 2.39. The number of allylic oxidation sites excluding steroid dienone is 2. The van der Waals surface area contributed by atoms with Crippen molar-refractivity contribution in [3.05, 3.63) is 34.6 Å². The van der Waals surface area contributed by atoms with Crippen molar-refractivity contribution in [2.24, 2.45) is 11.8 Å². The Morgan fingerprint density at radius 3 is 2.48 bits per heavy atom. The highest BCUT2D eigenvalue weighted by Gasteiger charge is 2.49. The number of hydrogen-bond acceptors (Lipinski definition) is 5. The highest BCUT2D eigenvalue weighted by atomic mass is 16.5. The number of nitrogens with one attached hydrogen (secondary N) is 2. The zero-order chi connectivity index (χ0) is 19.7. The first-order valence-electron chi connectivity index (χ1n) is 9.07. The Hall–Kier alpha value is -2.68. The van der Waals surface area contributed by atoms with E-state index in [-0.39, 0.29) is 24.9 Å². The zero-order valence-corrected chi connectivity index (χ0v) is 15.4. The first-order valence-corrected chi connectivity index (χ1v) is 9.07. The Morgan fingerprint density at radius 1 is 1.26 bits per heavy atom. The summed E-state index contributed by atoms with van der Waals surface area (Å²) in [7, 11) is 0. The van der Waals surface area contributed by atoms with Crippen LogP contribution in [0.4, 0.5) is 4.79 Å². The number of aliphatic hydroxyl groups is 1. The Kier molecular flexibility index (Phi) is 5.31. The molecule has 3 rings (SSSR count). The van der Waals surface area contributed by atoms with Crippen LogP contribution in [0.25, 0.3) is 0 Å². The van der Waals surface area contributed by atoms with Gasteiger partial charge in [-0.1, -0.05) is 12.2 Å². The third kappa shape index (κ3) is 3.34. The molecule has 0 aromatic carbocycles. The van der Waals surface area contributed by atoms with Gasteiger partial charge in [-0.15, -0.1) is 0 Å². The van der Waals surface area contributed by atoms with Gasteiger partial charge in [0.1, 0.15) is 23.9 Å². The van der Waals surface area contributed by atoms with Crippen molar-refractivity contribution in [2.75, 3.05) is 6.61 Å². The fraction of sp³-hybridized carbons (Fsp3) is 0.556. The molecule has 2 atom stereocenters.